The lowest BCUT2D eigenvalue weighted by Crippen LogP contribution is -2.37. The van der Waals surface area contributed by atoms with Crippen molar-refractivity contribution in [3.05, 3.63) is 22.8 Å². The zero-order valence-corrected chi connectivity index (χ0v) is 11.1. The van der Waals surface area contributed by atoms with Crippen molar-refractivity contribution < 1.29 is 4.74 Å². The zero-order chi connectivity index (χ0) is 11.4. The Bertz CT molecular complexity index is 344. The van der Waals surface area contributed by atoms with Crippen LogP contribution in [0.5, 0.6) is 0 Å². The van der Waals surface area contributed by atoms with Crippen LogP contribution in [0.15, 0.2) is 22.8 Å². The molecule has 1 atom stereocenters. The highest BCUT2D eigenvalue weighted by Crippen LogP contribution is 2.27. The smallest absolute Gasteiger partial charge is 0.142 e. The van der Waals surface area contributed by atoms with Crippen molar-refractivity contribution in [1.29, 1.82) is 0 Å². The number of nitrogens with zero attached hydrogens (tertiary/aromatic N) is 2. The second-order valence-electron chi connectivity index (χ2n) is 4.22. The molecule has 1 aliphatic rings. The monoisotopic (exact) mass is 284 g/mol. The number of methoxy groups -OCH3 is 1. The molecule has 2 rings (SSSR count). The quantitative estimate of drug-likeness (QED) is 0.854. The van der Waals surface area contributed by atoms with E-state index in [-0.39, 0.29) is 0 Å². The molecule has 16 heavy (non-hydrogen) atoms. The third-order valence-electron chi connectivity index (χ3n) is 2.96. The van der Waals surface area contributed by atoms with Crippen molar-refractivity contribution in [1.82, 2.24) is 4.98 Å². The highest BCUT2D eigenvalue weighted by molar-refractivity contribution is 9.10. The fraction of sp³-hybridized carbons (Fsp3) is 0.583. The van der Waals surface area contributed by atoms with Gasteiger partial charge in [0.05, 0.1) is 11.1 Å². The summed E-state index contributed by atoms with van der Waals surface area (Å²) in [6, 6.07) is 3.99. The van der Waals surface area contributed by atoms with Crippen LogP contribution in [-0.2, 0) is 4.74 Å². The Morgan fingerprint density at radius 3 is 3.25 bits per heavy atom. The van der Waals surface area contributed by atoms with Crippen LogP contribution < -0.4 is 4.90 Å². The number of anilines is 1. The molecular formula is C12H17BrN2O. The molecule has 0 aromatic carbocycles. The molecule has 0 aliphatic carbocycles. The van der Waals surface area contributed by atoms with Gasteiger partial charge in [-0.25, -0.2) is 4.98 Å². The molecule has 88 valence electrons. The summed E-state index contributed by atoms with van der Waals surface area (Å²) in [5, 5.41) is 0. The van der Waals surface area contributed by atoms with E-state index in [1.165, 1.54) is 12.8 Å². The summed E-state index contributed by atoms with van der Waals surface area (Å²) in [5.74, 6) is 1.69. The van der Waals surface area contributed by atoms with Gasteiger partial charge in [0.2, 0.25) is 0 Å². The first kappa shape index (κ1) is 11.9. The SMILES string of the molecule is COCC1CCCN(c2ncccc2Br)C1. The van der Waals surface area contributed by atoms with Crippen molar-refractivity contribution in [3.8, 4) is 0 Å². The van der Waals surface area contributed by atoms with E-state index in [1.54, 1.807) is 7.11 Å². The highest BCUT2D eigenvalue weighted by atomic mass is 79.9. The summed E-state index contributed by atoms with van der Waals surface area (Å²) in [4.78, 5) is 6.78. The van der Waals surface area contributed by atoms with Gasteiger partial charge in [-0.1, -0.05) is 0 Å². The lowest BCUT2D eigenvalue weighted by molar-refractivity contribution is 0.143. The fourth-order valence-corrected chi connectivity index (χ4v) is 2.74. The van der Waals surface area contributed by atoms with Gasteiger partial charge in [-0.05, 0) is 46.8 Å². The second-order valence-corrected chi connectivity index (χ2v) is 5.07. The van der Waals surface area contributed by atoms with E-state index in [2.05, 4.69) is 25.8 Å². The maximum Gasteiger partial charge on any atom is 0.142 e. The lowest BCUT2D eigenvalue weighted by atomic mass is 9.99. The van der Waals surface area contributed by atoms with Crippen LogP contribution in [0.4, 0.5) is 5.82 Å². The number of halogens is 1. The number of hydrogen-bond donors (Lipinski definition) is 0. The van der Waals surface area contributed by atoms with Gasteiger partial charge in [0.1, 0.15) is 5.82 Å². The van der Waals surface area contributed by atoms with Crippen molar-refractivity contribution in [2.45, 2.75) is 12.8 Å². The maximum absolute atomic E-state index is 5.24. The van der Waals surface area contributed by atoms with E-state index in [0.717, 1.165) is 30.0 Å². The van der Waals surface area contributed by atoms with E-state index in [4.69, 9.17) is 4.74 Å². The van der Waals surface area contributed by atoms with E-state index in [0.29, 0.717) is 5.92 Å². The Labute approximate surface area is 105 Å². The number of rotatable bonds is 3. The summed E-state index contributed by atoms with van der Waals surface area (Å²) in [6.45, 7) is 2.99. The minimum atomic E-state index is 0.632. The molecule has 1 aromatic heterocycles. The van der Waals surface area contributed by atoms with E-state index in [1.807, 2.05) is 18.3 Å². The maximum atomic E-state index is 5.24. The molecule has 4 heteroatoms. The number of pyridine rings is 1. The van der Waals surface area contributed by atoms with Crippen molar-refractivity contribution in [2.24, 2.45) is 5.92 Å². The first-order chi connectivity index (χ1) is 7.81. The molecular weight excluding hydrogens is 268 g/mol. The predicted octanol–water partition coefficient (Wildman–Crippen LogP) is 2.71. The van der Waals surface area contributed by atoms with Crippen LogP contribution >= 0.6 is 15.9 Å². The summed E-state index contributed by atoms with van der Waals surface area (Å²) in [5.41, 5.74) is 0. The van der Waals surface area contributed by atoms with Crippen LogP contribution in [0.1, 0.15) is 12.8 Å². The van der Waals surface area contributed by atoms with Crippen LogP contribution in [0, 0.1) is 5.92 Å². The van der Waals surface area contributed by atoms with E-state index >= 15 is 0 Å². The number of piperidine rings is 1. The molecule has 0 amide bonds. The third-order valence-corrected chi connectivity index (χ3v) is 3.58. The van der Waals surface area contributed by atoms with Gasteiger partial charge in [0.25, 0.3) is 0 Å². The molecule has 1 fully saturated rings. The topological polar surface area (TPSA) is 25.4 Å². The average Bonchev–Trinajstić information content (AvgIpc) is 2.30. The standard InChI is InChI=1S/C12H17BrN2O/c1-16-9-10-4-3-7-15(8-10)12-11(13)5-2-6-14-12/h2,5-6,10H,3-4,7-9H2,1H3. The first-order valence-electron chi connectivity index (χ1n) is 5.65. The van der Waals surface area contributed by atoms with Gasteiger partial charge in [0, 0.05) is 26.4 Å². The predicted molar refractivity (Wildman–Crippen MR) is 68.8 cm³/mol. The van der Waals surface area contributed by atoms with Gasteiger partial charge in [-0.15, -0.1) is 0 Å². The minimum Gasteiger partial charge on any atom is -0.384 e. The molecule has 1 unspecified atom stereocenters. The van der Waals surface area contributed by atoms with Gasteiger partial charge in [-0.2, -0.15) is 0 Å². The molecule has 0 spiro atoms. The highest BCUT2D eigenvalue weighted by Gasteiger charge is 2.21. The summed E-state index contributed by atoms with van der Waals surface area (Å²) in [6.07, 6.45) is 4.33. The first-order valence-corrected chi connectivity index (χ1v) is 6.45. The Morgan fingerprint density at radius 2 is 2.50 bits per heavy atom. The zero-order valence-electron chi connectivity index (χ0n) is 9.53. The van der Waals surface area contributed by atoms with E-state index < -0.39 is 0 Å². The minimum absolute atomic E-state index is 0.632. The van der Waals surface area contributed by atoms with Gasteiger partial charge < -0.3 is 9.64 Å². The lowest BCUT2D eigenvalue weighted by Gasteiger charge is -2.33. The second kappa shape index (κ2) is 5.64. The van der Waals surface area contributed by atoms with Crippen molar-refractivity contribution in [3.63, 3.8) is 0 Å². The number of aromatic nitrogens is 1. The number of ether oxygens (including phenoxy) is 1. The van der Waals surface area contributed by atoms with Gasteiger partial charge in [0.15, 0.2) is 0 Å². The Hall–Kier alpha value is -0.610. The molecule has 0 bridgehead atoms. The fourth-order valence-electron chi connectivity index (χ4n) is 2.24. The normalized spacial score (nSPS) is 21.1. The molecule has 1 aromatic rings. The molecule has 1 aliphatic heterocycles. The summed E-state index contributed by atoms with van der Waals surface area (Å²) < 4.78 is 6.31. The van der Waals surface area contributed by atoms with Gasteiger partial charge >= 0.3 is 0 Å². The summed E-state index contributed by atoms with van der Waals surface area (Å²) >= 11 is 3.56. The molecule has 2 heterocycles. The van der Waals surface area contributed by atoms with Crippen molar-refractivity contribution in [2.75, 3.05) is 31.7 Å². The molecule has 1 saturated heterocycles. The summed E-state index contributed by atoms with van der Waals surface area (Å²) in [7, 11) is 1.77. The van der Waals surface area contributed by atoms with Crippen LogP contribution in [0.3, 0.4) is 0 Å². The Balaban J connectivity index is 2.07. The van der Waals surface area contributed by atoms with Crippen LogP contribution in [-0.4, -0.2) is 31.8 Å². The molecule has 3 nitrogen and oxygen atoms in total. The Morgan fingerprint density at radius 1 is 1.62 bits per heavy atom. The largest absolute Gasteiger partial charge is 0.384 e. The molecule has 0 radical (unpaired) electrons. The van der Waals surface area contributed by atoms with E-state index in [9.17, 15) is 0 Å². The van der Waals surface area contributed by atoms with Crippen LogP contribution in [0.25, 0.3) is 0 Å². The van der Waals surface area contributed by atoms with Gasteiger partial charge in [-0.3, -0.25) is 0 Å². The third kappa shape index (κ3) is 2.74. The Kier molecular flexibility index (Phi) is 4.18. The van der Waals surface area contributed by atoms with Crippen molar-refractivity contribution >= 4 is 21.7 Å². The van der Waals surface area contributed by atoms with Crippen LogP contribution in [0.2, 0.25) is 0 Å². The molecule has 0 N–H and O–H groups in total. The average molecular weight is 285 g/mol. The molecule has 0 saturated carbocycles. The number of hydrogen-bond acceptors (Lipinski definition) is 3.